The Labute approximate surface area is 164 Å². The predicted octanol–water partition coefficient (Wildman–Crippen LogP) is 1.48. The minimum Gasteiger partial charge on any atom is -0.356 e. The Morgan fingerprint density at radius 1 is 1.40 bits per heavy atom. The van der Waals surface area contributed by atoms with Gasteiger partial charge in [-0.15, -0.1) is 24.0 Å². The summed E-state index contributed by atoms with van der Waals surface area (Å²) in [5, 5.41) is 6.20. The van der Waals surface area contributed by atoms with E-state index in [1.54, 1.807) is 7.05 Å². The smallest absolute Gasteiger partial charge is 0.356 e. The summed E-state index contributed by atoms with van der Waals surface area (Å²) in [5.74, 6) is 0.759. The van der Waals surface area contributed by atoms with Crippen molar-refractivity contribution in [1.82, 2.24) is 15.5 Å². The van der Waals surface area contributed by atoms with E-state index in [2.05, 4.69) is 15.6 Å². The SMILES string of the molecule is CN=C(NCC1CCN(CC(F)(F)F)C1)NC(C)CCS(C)(=O)=O.I. The summed E-state index contributed by atoms with van der Waals surface area (Å²) >= 11 is 0. The molecule has 0 aromatic rings. The van der Waals surface area contributed by atoms with Crippen LogP contribution in [0.25, 0.3) is 0 Å². The highest BCUT2D eigenvalue weighted by Crippen LogP contribution is 2.22. The minimum absolute atomic E-state index is 0. The van der Waals surface area contributed by atoms with Crippen LogP contribution in [0.15, 0.2) is 4.99 Å². The molecule has 0 amide bonds. The molecule has 150 valence electrons. The summed E-state index contributed by atoms with van der Waals surface area (Å²) in [7, 11) is -1.41. The van der Waals surface area contributed by atoms with Crippen LogP contribution in [0, 0.1) is 5.92 Å². The number of nitrogens with one attached hydrogen (secondary N) is 2. The molecule has 1 aliphatic rings. The lowest BCUT2D eigenvalue weighted by Gasteiger charge is -2.20. The second-order valence-electron chi connectivity index (χ2n) is 6.42. The van der Waals surface area contributed by atoms with E-state index < -0.39 is 22.6 Å². The fourth-order valence-corrected chi connectivity index (χ4v) is 3.39. The minimum atomic E-state index is -4.16. The Kier molecular flexibility index (Phi) is 10.6. The molecule has 1 fully saturated rings. The zero-order valence-electron chi connectivity index (χ0n) is 14.8. The van der Waals surface area contributed by atoms with Gasteiger partial charge in [-0.3, -0.25) is 9.89 Å². The van der Waals surface area contributed by atoms with E-state index in [9.17, 15) is 21.6 Å². The van der Waals surface area contributed by atoms with E-state index >= 15 is 0 Å². The number of rotatable bonds is 7. The molecule has 1 saturated heterocycles. The molecule has 0 spiro atoms. The molecular formula is C14H28F3IN4O2S. The van der Waals surface area contributed by atoms with Gasteiger partial charge in [-0.05, 0) is 32.2 Å². The third kappa shape index (κ3) is 11.8. The standard InChI is InChI=1S/C14H27F3N4O2S.HI/c1-11(5-7-24(3,22)23)20-13(18-2)19-8-12-4-6-21(9-12)10-14(15,16)17;/h11-12H,4-10H2,1-3H3,(H2,18,19,20);1H. The number of nitrogens with zero attached hydrogens (tertiary/aromatic N) is 2. The van der Waals surface area contributed by atoms with E-state index in [4.69, 9.17) is 0 Å². The predicted molar refractivity (Wildman–Crippen MR) is 104 cm³/mol. The summed E-state index contributed by atoms with van der Waals surface area (Å²) in [5.41, 5.74) is 0. The first-order chi connectivity index (χ1) is 11.0. The summed E-state index contributed by atoms with van der Waals surface area (Å²) in [6.07, 6.45) is -1.79. The van der Waals surface area contributed by atoms with E-state index in [-0.39, 0.29) is 41.7 Å². The van der Waals surface area contributed by atoms with Crippen molar-refractivity contribution < 1.29 is 21.6 Å². The van der Waals surface area contributed by atoms with Crippen molar-refractivity contribution in [1.29, 1.82) is 0 Å². The molecule has 2 unspecified atom stereocenters. The number of aliphatic imine (C=N–C) groups is 1. The lowest BCUT2D eigenvalue weighted by molar-refractivity contribution is -0.143. The molecule has 0 aromatic heterocycles. The molecule has 1 heterocycles. The number of hydrogen-bond acceptors (Lipinski definition) is 4. The Bertz CT molecular complexity index is 529. The number of alkyl halides is 3. The van der Waals surface area contributed by atoms with Crippen molar-refractivity contribution in [2.75, 3.05) is 45.2 Å². The van der Waals surface area contributed by atoms with E-state index in [1.165, 1.54) is 11.2 Å². The average molecular weight is 500 g/mol. The summed E-state index contributed by atoms with van der Waals surface area (Å²) in [6, 6.07) is -0.0729. The largest absolute Gasteiger partial charge is 0.401 e. The molecule has 0 aromatic carbocycles. The third-order valence-corrected chi connectivity index (χ3v) is 4.84. The van der Waals surface area contributed by atoms with E-state index in [0.717, 1.165) is 0 Å². The molecule has 1 aliphatic heterocycles. The van der Waals surface area contributed by atoms with Gasteiger partial charge >= 0.3 is 6.18 Å². The first-order valence-electron chi connectivity index (χ1n) is 7.92. The van der Waals surface area contributed by atoms with Crippen LogP contribution < -0.4 is 10.6 Å². The van der Waals surface area contributed by atoms with Crippen molar-refractivity contribution in [3.63, 3.8) is 0 Å². The molecule has 0 bridgehead atoms. The van der Waals surface area contributed by atoms with Crippen molar-refractivity contribution in [2.45, 2.75) is 32.0 Å². The van der Waals surface area contributed by atoms with E-state index in [0.29, 0.717) is 38.4 Å². The average Bonchev–Trinajstić information content (AvgIpc) is 2.85. The summed E-state index contributed by atoms with van der Waals surface area (Å²) in [4.78, 5) is 5.48. The molecular weight excluding hydrogens is 472 g/mol. The van der Waals surface area contributed by atoms with Crippen LogP contribution in [0.3, 0.4) is 0 Å². The topological polar surface area (TPSA) is 73.8 Å². The van der Waals surface area contributed by atoms with Crippen LogP contribution in [0.4, 0.5) is 13.2 Å². The maximum absolute atomic E-state index is 12.4. The highest BCUT2D eigenvalue weighted by molar-refractivity contribution is 14.0. The molecule has 2 N–H and O–H groups in total. The number of likely N-dealkylation sites (tertiary alicyclic amines) is 1. The van der Waals surface area contributed by atoms with Gasteiger partial charge in [0.25, 0.3) is 0 Å². The van der Waals surface area contributed by atoms with Crippen molar-refractivity contribution >= 4 is 39.8 Å². The van der Waals surface area contributed by atoms with Crippen LogP contribution in [0.5, 0.6) is 0 Å². The van der Waals surface area contributed by atoms with Crippen LogP contribution in [0.2, 0.25) is 0 Å². The van der Waals surface area contributed by atoms with Gasteiger partial charge in [0.15, 0.2) is 5.96 Å². The maximum Gasteiger partial charge on any atom is 0.401 e. The number of halogens is 4. The zero-order chi connectivity index (χ0) is 18.4. The quantitative estimate of drug-likeness (QED) is 0.315. The second kappa shape index (κ2) is 10.8. The Hall–Kier alpha value is -0.300. The lowest BCUT2D eigenvalue weighted by atomic mass is 10.1. The highest BCUT2D eigenvalue weighted by atomic mass is 127. The molecule has 2 atom stereocenters. The number of hydrogen-bond donors (Lipinski definition) is 2. The summed E-state index contributed by atoms with van der Waals surface area (Å²) in [6.45, 7) is 2.39. The normalized spacial score (nSPS) is 20.9. The monoisotopic (exact) mass is 500 g/mol. The maximum atomic E-state index is 12.4. The molecule has 0 saturated carbocycles. The van der Waals surface area contributed by atoms with Gasteiger partial charge in [-0.2, -0.15) is 13.2 Å². The number of guanidine groups is 1. The van der Waals surface area contributed by atoms with Gasteiger partial charge in [0.1, 0.15) is 9.84 Å². The van der Waals surface area contributed by atoms with Crippen molar-refractivity contribution in [3.8, 4) is 0 Å². The molecule has 1 rings (SSSR count). The van der Waals surface area contributed by atoms with Gasteiger partial charge in [0.2, 0.25) is 0 Å². The van der Waals surface area contributed by atoms with Gasteiger partial charge in [-0.1, -0.05) is 0 Å². The van der Waals surface area contributed by atoms with Crippen molar-refractivity contribution in [2.24, 2.45) is 10.9 Å². The first kappa shape index (κ1) is 24.7. The van der Waals surface area contributed by atoms with Gasteiger partial charge in [0.05, 0.1) is 12.3 Å². The van der Waals surface area contributed by atoms with Crippen LogP contribution in [-0.2, 0) is 9.84 Å². The summed E-state index contributed by atoms with van der Waals surface area (Å²) < 4.78 is 59.4. The van der Waals surface area contributed by atoms with Crippen LogP contribution in [-0.4, -0.2) is 76.7 Å². The third-order valence-electron chi connectivity index (χ3n) is 3.86. The zero-order valence-corrected chi connectivity index (χ0v) is 17.9. The number of sulfone groups is 1. The fourth-order valence-electron chi connectivity index (χ4n) is 2.61. The molecule has 0 radical (unpaired) electrons. The Morgan fingerprint density at radius 3 is 2.56 bits per heavy atom. The van der Waals surface area contributed by atoms with E-state index in [1.807, 2.05) is 6.92 Å². The second-order valence-corrected chi connectivity index (χ2v) is 8.68. The van der Waals surface area contributed by atoms with Crippen LogP contribution >= 0.6 is 24.0 Å². The van der Waals surface area contributed by atoms with Gasteiger partial charge in [0, 0.05) is 32.4 Å². The molecule has 11 heteroatoms. The molecule has 6 nitrogen and oxygen atoms in total. The highest BCUT2D eigenvalue weighted by Gasteiger charge is 2.34. The molecule has 25 heavy (non-hydrogen) atoms. The lowest BCUT2D eigenvalue weighted by Crippen LogP contribution is -2.44. The van der Waals surface area contributed by atoms with Gasteiger partial charge in [-0.25, -0.2) is 8.42 Å². The fraction of sp³-hybridized carbons (Fsp3) is 0.929. The van der Waals surface area contributed by atoms with Gasteiger partial charge < -0.3 is 10.6 Å². The Morgan fingerprint density at radius 2 is 2.04 bits per heavy atom. The Balaban J connectivity index is 0.00000576. The van der Waals surface area contributed by atoms with Crippen LogP contribution in [0.1, 0.15) is 19.8 Å². The first-order valence-corrected chi connectivity index (χ1v) is 9.98. The molecule has 0 aliphatic carbocycles. The van der Waals surface area contributed by atoms with Crippen molar-refractivity contribution in [3.05, 3.63) is 0 Å².